The van der Waals surface area contributed by atoms with E-state index in [0.717, 1.165) is 59.7 Å². The molecule has 7 aliphatic rings. The fraction of sp³-hybridized carbons (Fsp3) is 0.607. The summed E-state index contributed by atoms with van der Waals surface area (Å²) in [6, 6.07) is 18.5. The van der Waals surface area contributed by atoms with Gasteiger partial charge in [-0.2, -0.15) is 0 Å². The Morgan fingerprint density at radius 3 is 2.46 bits per heavy atom. The minimum atomic E-state index is -1.27. The Hall–Kier alpha value is -4.66. The highest BCUT2D eigenvalue weighted by molar-refractivity contribution is 5.89. The van der Waals surface area contributed by atoms with Gasteiger partial charge in [-0.1, -0.05) is 93.5 Å². The number of aliphatic hydroxyl groups excluding tert-OH is 3. The van der Waals surface area contributed by atoms with Crippen molar-refractivity contribution >= 4 is 22.3 Å². The van der Waals surface area contributed by atoms with Crippen LogP contribution in [0.2, 0.25) is 0 Å². The number of hydrogen-bond acceptors (Lipinski definition) is 10. The fourth-order valence-corrected chi connectivity index (χ4v) is 15.9. The fourth-order valence-electron chi connectivity index (χ4n) is 15.9. The van der Waals surface area contributed by atoms with E-state index in [9.17, 15) is 30.0 Å². The van der Waals surface area contributed by atoms with Crippen molar-refractivity contribution < 1.29 is 34.8 Å². The lowest BCUT2D eigenvalue weighted by atomic mass is 9.47. The SMILES string of the molecule is COc1cc2c(cc1O)[C@@H](C[C@H](O)[C@H](O)[C@H](CCC(C)C)[C@H](C1=CCNC(N)=C1)c1ccc3ccccc3c1)C#C[C@]1(CC[C@H]([C@@H]3CC[C@@H]4[C@H]5CCC(=O)C[C@H]5NC[C@@H]4C34CCCC4)C[C@H]1O)C(=O)CC2. The van der Waals surface area contributed by atoms with Gasteiger partial charge in [-0.05, 0) is 175 Å². The number of Topliss-reactive ketones (excluding diaryl/α,β-unsaturated/α-hetero) is 2. The molecular weight excluding hydrogens is 887 g/mol. The number of carbonyl (C=O) groups is 2. The first-order valence-electron chi connectivity index (χ1n) is 27.4. The number of benzene rings is 3. The van der Waals surface area contributed by atoms with Gasteiger partial charge in [0.1, 0.15) is 11.2 Å². The number of phenols is 1. The van der Waals surface area contributed by atoms with Crippen LogP contribution in [0.25, 0.3) is 10.8 Å². The Morgan fingerprint density at radius 1 is 0.901 bits per heavy atom. The Balaban J connectivity index is 0.959. The minimum Gasteiger partial charge on any atom is -0.504 e. The monoisotopic (exact) mass is 966 g/mol. The summed E-state index contributed by atoms with van der Waals surface area (Å²) >= 11 is 0. The van der Waals surface area contributed by atoms with Crippen molar-refractivity contribution in [1.82, 2.24) is 10.6 Å². The molecule has 10 rings (SSSR count). The van der Waals surface area contributed by atoms with E-state index in [2.05, 4.69) is 72.7 Å². The summed E-state index contributed by atoms with van der Waals surface area (Å²) in [5, 5.41) is 58.6. The van der Waals surface area contributed by atoms with Gasteiger partial charge in [0.25, 0.3) is 0 Å². The highest BCUT2D eigenvalue weighted by Gasteiger charge is 2.60. The third kappa shape index (κ3) is 9.59. The smallest absolute Gasteiger partial charge is 0.160 e. The van der Waals surface area contributed by atoms with Gasteiger partial charge in [-0.25, -0.2) is 0 Å². The van der Waals surface area contributed by atoms with Crippen molar-refractivity contribution in [1.29, 1.82) is 0 Å². The minimum absolute atomic E-state index is 0.0499. The third-order valence-electron chi connectivity index (χ3n) is 19.5. The van der Waals surface area contributed by atoms with E-state index in [4.69, 9.17) is 10.5 Å². The molecule has 8 N–H and O–H groups in total. The molecule has 10 heteroatoms. The maximum Gasteiger partial charge on any atom is 0.160 e. The van der Waals surface area contributed by atoms with Crippen LogP contribution in [0, 0.1) is 64.1 Å². The molecule has 4 saturated carbocycles. The molecule has 2 heterocycles. The number of allylic oxidation sites excluding steroid dienone is 2. The molecule has 1 saturated heterocycles. The molecule has 71 heavy (non-hydrogen) atoms. The van der Waals surface area contributed by atoms with Gasteiger partial charge in [-0.15, -0.1) is 0 Å². The molecule has 0 unspecified atom stereocenters. The van der Waals surface area contributed by atoms with Crippen molar-refractivity contribution in [2.45, 2.75) is 159 Å². The molecule has 5 aliphatic carbocycles. The number of phenolic OH excluding ortho intramolecular Hbond substituents is 1. The Morgan fingerprint density at radius 2 is 1.70 bits per heavy atom. The second-order valence-corrected chi connectivity index (χ2v) is 23.5. The van der Waals surface area contributed by atoms with E-state index >= 15 is 0 Å². The molecule has 2 aliphatic heterocycles. The molecule has 3 aromatic rings. The second-order valence-electron chi connectivity index (χ2n) is 23.5. The largest absolute Gasteiger partial charge is 0.504 e. The molecule has 5 fully saturated rings. The van der Waals surface area contributed by atoms with E-state index in [1.54, 1.807) is 12.1 Å². The number of ketones is 2. The number of hydrogen-bond donors (Lipinski definition) is 7. The number of piperidine rings is 1. The number of carbonyl (C=O) groups excluding carboxylic acids is 2. The van der Waals surface area contributed by atoms with Gasteiger partial charge >= 0.3 is 0 Å². The summed E-state index contributed by atoms with van der Waals surface area (Å²) in [5.74, 6) is 9.65. The number of ether oxygens (including phenoxy) is 1. The first kappa shape index (κ1) is 49.9. The number of rotatable bonds is 12. The molecular formula is C61H79N3O7. The van der Waals surface area contributed by atoms with Crippen molar-refractivity contribution in [2.24, 2.45) is 58.0 Å². The summed E-state index contributed by atoms with van der Waals surface area (Å²) in [4.78, 5) is 27.3. The van der Waals surface area contributed by atoms with E-state index in [0.29, 0.717) is 104 Å². The number of nitrogens with one attached hydrogen (secondary N) is 2. The topological polar surface area (TPSA) is 174 Å². The summed E-state index contributed by atoms with van der Waals surface area (Å²) in [7, 11) is 1.51. The molecule has 10 nitrogen and oxygen atoms in total. The van der Waals surface area contributed by atoms with E-state index in [-0.39, 0.29) is 41.6 Å². The lowest BCUT2D eigenvalue weighted by Crippen LogP contribution is -2.61. The molecule has 0 radical (unpaired) electrons. The van der Waals surface area contributed by atoms with Gasteiger partial charge in [0.05, 0.1) is 31.2 Å². The summed E-state index contributed by atoms with van der Waals surface area (Å²) in [5.41, 5.74) is 8.89. The number of aryl methyl sites for hydroxylation is 1. The van der Waals surface area contributed by atoms with Crippen LogP contribution >= 0.6 is 0 Å². The van der Waals surface area contributed by atoms with Crippen LogP contribution in [0.3, 0.4) is 0 Å². The molecule has 2 spiro atoms. The zero-order valence-electron chi connectivity index (χ0n) is 42.4. The number of nitrogens with two attached hydrogens (primary N) is 1. The third-order valence-corrected chi connectivity index (χ3v) is 19.5. The average Bonchev–Trinajstić information content (AvgIpc) is 3.86. The van der Waals surface area contributed by atoms with E-state index in [1.807, 2.05) is 18.2 Å². The summed E-state index contributed by atoms with van der Waals surface area (Å²) in [6.07, 6.45) is 14.2. The predicted octanol–water partition coefficient (Wildman–Crippen LogP) is 9.13. The maximum atomic E-state index is 14.8. The van der Waals surface area contributed by atoms with Gasteiger partial charge in [-0.3, -0.25) is 9.59 Å². The Labute approximate surface area is 421 Å². The van der Waals surface area contributed by atoms with Crippen LogP contribution in [0.5, 0.6) is 11.5 Å². The number of aromatic hydroxyl groups is 1. The first-order chi connectivity index (χ1) is 34.3. The quantitative estimate of drug-likeness (QED) is 0.0868. The zero-order valence-corrected chi connectivity index (χ0v) is 42.4. The lowest BCUT2D eigenvalue weighted by Gasteiger charge is -2.60. The van der Waals surface area contributed by atoms with Crippen LogP contribution in [0.4, 0.5) is 0 Å². The summed E-state index contributed by atoms with van der Waals surface area (Å²) < 4.78 is 5.59. The number of fused-ring (bicyclic) bond motifs is 6. The first-order valence-corrected chi connectivity index (χ1v) is 27.4. The molecule has 0 bridgehead atoms. The molecule has 0 amide bonds. The highest BCUT2D eigenvalue weighted by atomic mass is 16.5. The van der Waals surface area contributed by atoms with Gasteiger partial charge in [0.2, 0.25) is 0 Å². The Kier molecular flexibility index (Phi) is 14.5. The van der Waals surface area contributed by atoms with Gasteiger partial charge < -0.3 is 41.5 Å². The normalized spacial score (nSPS) is 32.1. The van der Waals surface area contributed by atoms with Crippen LogP contribution in [0.1, 0.15) is 145 Å². The number of aliphatic hydroxyl groups is 3. The van der Waals surface area contributed by atoms with Crippen LogP contribution in [-0.4, -0.2) is 76.5 Å². The van der Waals surface area contributed by atoms with Crippen LogP contribution in [-0.2, 0) is 16.0 Å². The van der Waals surface area contributed by atoms with Crippen LogP contribution < -0.4 is 21.1 Å². The van der Waals surface area contributed by atoms with Crippen molar-refractivity contribution in [2.75, 3.05) is 20.2 Å². The standard InChI is InChI=1S/C61H79N3O7/c1-36(2)10-15-47(58(43-22-27-63-57(62)32-43)42-12-11-37-8-4-5-9-38(37)28-42)59(70)53(67)29-40-20-25-61(55(68)19-13-39-30-54(71-3)52(66)34-48(39)40)26-21-41(31-56(61)69)49-18-17-45-46-16-14-44(65)33-51(46)64-35-50(45)60(49)23-6-7-24-60/h4-5,8-9,11-12,22,28,30,32,34,36,40-41,45-47,49-51,53,56,58-59,63-64,66-67,69-70H,6-7,10,13-19,21,23-24,26-27,29,31,33,35,62H2,1-3H3/t40-,41+,45-,46-,47-,49+,50+,51-,53+,56-,58+,59-,61+/m1/s1. The zero-order chi connectivity index (χ0) is 49.6. The van der Waals surface area contributed by atoms with E-state index < -0.39 is 35.6 Å². The molecule has 0 aromatic heterocycles. The number of dihydropyridines is 1. The Bertz CT molecular complexity index is 2590. The average molecular weight is 966 g/mol. The van der Waals surface area contributed by atoms with Crippen molar-refractivity contribution in [3.63, 3.8) is 0 Å². The number of methoxy groups -OCH3 is 1. The summed E-state index contributed by atoms with van der Waals surface area (Å²) in [6.45, 7) is 5.89. The van der Waals surface area contributed by atoms with E-state index in [1.165, 1.54) is 39.2 Å². The van der Waals surface area contributed by atoms with Crippen molar-refractivity contribution in [3.8, 4) is 23.3 Å². The van der Waals surface area contributed by atoms with Gasteiger partial charge in [0.15, 0.2) is 17.3 Å². The maximum absolute atomic E-state index is 14.8. The highest BCUT2D eigenvalue weighted by Crippen LogP contribution is 2.64. The van der Waals surface area contributed by atoms with Crippen LogP contribution in [0.15, 0.2) is 78.1 Å². The van der Waals surface area contributed by atoms with Crippen molar-refractivity contribution in [3.05, 3.63) is 94.8 Å². The molecule has 380 valence electrons. The molecule has 13 atom stereocenters. The van der Waals surface area contributed by atoms with Gasteiger partial charge in [0, 0.05) is 43.7 Å². The molecule has 3 aromatic carbocycles. The second kappa shape index (κ2) is 20.7. The predicted molar refractivity (Wildman–Crippen MR) is 278 cm³/mol. The lowest BCUT2D eigenvalue weighted by molar-refractivity contribution is -0.140.